The molecule has 0 amide bonds. The van der Waals surface area contributed by atoms with Gasteiger partial charge in [-0.15, -0.1) is 0 Å². The van der Waals surface area contributed by atoms with Gasteiger partial charge in [-0.2, -0.15) is 0 Å². The van der Waals surface area contributed by atoms with E-state index < -0.39 is 119 Å². The number of ether oxygens (including phenoxy) is 4. The van der Waals surface area contributed by atoms with Gasteiger partial charge in [-0.05, 0) is 0 Å². The van der Waals surface area contributed by atoms with Gasteiger partial charge in [0.05, 0.1) is 19.3 Å². The maximum Gasteiger partial charge on any atom is 0.473 e. The summed E-state index contributed by atoms with van der Waals surface area (Å²) in [5.74, 6) is 0. The van der Waals surface area contributed by atoms with Gasteiger partial charge in [0.25, 0.3) is 0 Å². The van der Waals surface area contributed by atoms with Crippen LogP contribution in [0.1, 0.15) is 0 Å². The molecule has 4 rings (SSSR count). The van der Waals surface area contributed by atoms with Crippen molar-refractivity contribution in [3.05, 3.63) is 0 Å². The van der Waals surface area contributed by atoms with Gasteiger partial charge in [-0.25, -0.2) is 4.57 Å². The Morgan fingerprint density at radius 2 is 1.19 bits per heavy atom. The van der Waals surface area contributed by atoms with Crippen LogP contribution in [0.25, 0.3) is 0 Å². The van der Waals surface area contributed by atoms with Gasteiger partial charge in [-0.1, -0.05) is 0 Å². The molecule has 0 aromatic rings. The monoisotopic (exact) mass is 565 g/mol. The van der Waals surface area contributed by atoms with Gasteiger partial charge in [0.15, 0.2) is 12.6 Å². The van der Waals surface area contributed by atoms with Gasteiger partial charge in [0.2, 0.25) is 0 Å². The summed E-state index contributed by atoms with van der Waals surface area (Å²) >= 11 is 0. The Bertz CT molecular complexity index is 836. The third-order valence-electron chi connectivity index (χ3n) is 6.86. The summed E-state index contributed by atoms with van der Waals surface area (Å²) in [6.07, 6.45) is -25.0. The number of rotatable bonds is 6. The van der Waals surface area contributed by atoms with Crippen LogP contribution in [0.3, 0.4) is 0 Å². The Balaban J connectivity index is 1.49. The maximum absolute atomic E-state index is 11.9. The lowest BCUT2D eigenvalue weighted by atomic mass is 9.84. The van der Waals surface area contributed by atoms with Crippen molar-refractivity contribution >= 4 is 7.82 Å². The normalized spacial score (nSPS) is 56.7. The second-order valence-corrected chi connectivity index (χ2v) is 10.6. The SMILES string of the molecule is N[C@H]1[C@@H](O[C@@H]2[C@@H](O)[C@H](O)[C@@H](O)[C@H]3OP(=O)(O)O[C@H]32)O[C@H](CO)[C@@H](O[C@@H]2O[C@H](CO)[C@H](O)[C@H](O)[C@H]2O)[C@@H]1O. The number of nitrogens with two attached hydrogens (primary N) is 1. The van der Waals surface area contributed by atoms with Crippen LogP contribution in [0.15, 0.2) is 0 Å². The summed E-state index contributed by atoms with van der Waals surface area (Å²) < 4.78 is 43.4. The third-order valence-corrected chi connectivity index (χ3v) is 7.88. The number of hydrogen-bond acceptors (Lipinski definition) is 17. The zero-order valence-electron chi connectivity index (χ0n) is 19.0. The molecule has 17 atom stereocenters. The highest BCUT2D eigenvalue weighted by atomic mass is 31.2. The zero-order chi connectivity index (χ0) is 27.4. The van der Waals surface area contributed by atoms with E-state index in [-0.39, 0.29) is 0 Å². The first-order valence-corrected chi connectivity index (χ1v) is 12.9. The molecule has 1 saturated carbocycles. The molecule has 0 bridgehead atoms. The number of phosphoric acid groups is 1. The molecule has 4 fully saturated rings. The molecule has 19 heteroatoms. The lowest BCUT2D eigenvalue weighted by Gasteiger charge is -2.48. The second-order valence-electron chi connectivity index (χ2n) is 9.27. The van der Waals surface area contributed by atoms with Gasteiger partial charge in [0, 0.05) is 0 Å². The lowest BCUT2D eigenvalue weighted by molar-refractivity contribution is -0.355. The van der Waals surface area contributed by atoms with Crippen LogP contribution in [0.4, 0.5) is 0 Å². The molecular formula is C18H32NO17P. The minimum Gasteiger partial charge on any atom is -0.394 e. The molecule has 0 aromatic heterocycles. The molecule has 0 spiro atoms. The molecule has 1 aliphatic carbocycles. The first-order chi connectivity index (χ1) is 17.3. The van der Waals surface area contributed by atoms with E-state index >= 15 is 0 Å². The van der Waals surface area contributed by atoms with Crippen molar-refractivity contribution in [1.82, 2.24) is 0 Å². The fraction of sp³-hybridized carbons (Fsp3) is 1.00. The van der Waals surface area contributed by atoms with Crippen LogP contribution in [0.2, 0.25) is 0 Å². The van der Waals surface area contributed by atoms with Crippen molar-refractivity contribution in [2.45, 2.75) is 98.0 Å². The van der Waals surface area contributed by atoms with Crippen LogP contribution >= 0.6 is 7.82 Å². The Hall–Kier alpha value is -0.450. The highest BCUT2D eigenvalue weighted by Gasteiger charge is 2.61. The number of aliphatic hydroxyl groups is 9. The van der Waals surface area contributed by atoms with E-state index in [1.807, 2.05) is 0 Å². The van der Waals surface area contributed by atoms with E-state index in [9.17, 15) is 55.4 Å². The summed E-state index contributed by atoms with van der Waals surface area (Å²) in [6, 6.07) is -1.50. The van der Waals surface area contributed by atoms with Crippen LogP contribution in [-0.4, -0.2) is 162 Å². The first-order valence-electron chi connectivity index (χ1n) is 11.4. The van der Waals surface area contributed by atoms with Crippen LogP contribution in [-0.2, 0) is 32.6 Å². The van der Waals surface area contributed by atoms with Gasteiger partial charge in [-0.3, -0.25) is 9.05 Å². The number of hydrogen-bond donors (Lipinski definition) is 11. The van der Waals surface area contributed by atoms with Crippen molar-refractivity contribution in [2.75, 3.05) is 13.2 Å². The van der Waals surface area contributed by atoms with Gasteiger partial charge < -0.3 is 75.5 Å². The van der Waals surface area contributed by atoms with Crippen LogP contribution in [0, 0.1) is 0 Å². The molecule has 1 unspecified atom stereocenters. The quantitative estimate of drug-likeness (QED) is 0.133. The minimum atomic E-state index is -4.67. The van der Waals surface area contributed by atoms with Gasteiger partial charge in [0.1, 0.15) is 79.4 Å². The molecule has 37 heavy (non-hydrogen) atoms. The highest BCUT2D eigenvalue weighted by molar-refractivity contribution is 7.47. The fourth-order valence-corrected chi connectivity index (χ4v) is 5.92. The highest BCUT2D eigenvalue weighted by Crippen LogP contribution is 2.56. The van der Waals surface area contributed by atoms with Crippen molar-refractivity contribution in [1.29, 1.82) is 0 Å². The Labute approximate surface area is 208 Å². The molecule has 4 aliphatic rings. The van der Waals surface area contributed by atoms with Crippen LogP contribution < -0.4 is 5.73 Å². The van der Waals surface area contributed by atoms with Crippen molar-refractivity contribution in [3.63, 3.8) is 0 Å². The van der Waals surface area contributed by atoms with Gasteiger partial charge >= 0.3 is 7.82 Å². The maximum atomic E-state index is 11.9. The van der Waals surface area contributed by atoms with E-state index in [1.165, 1.54) is 0 Å². The second kappa shape index (κ2) is 11.2. The Morgan fingerprint density at radius 1 is 0.649 bits per heavy atom. The summed E-state index contributed by atoms with van der Waals surface area (Å²) in [5, 5.41) is 90.8. The minimum absolute atomic E-state index is 0.744. The predicted molar refractivity (Wildman–Crippen MR) is 111 cm³/mol. The lowest BCUT2D eigenvalue weighted by Crippen LogP contribution is -2.69. The van der Waals surface area contributed by atoms with E-state index in [2.05, 4.69) is 0 Å². The topological polar surface area (TPSA) is 301 Å². The van der Waals surface area contributed by atoms with E-state index in [1.54, 1.807) is 0 Å². The Morgan fingerprint density at radius 3 is 1.81 bits per heavy atom. The van der Waals surface area contributed by atoms with E-state index in [0.29, 0.717) is 0 Å². The molecule has 3 heterocycles. The summed E-state index contributed by atoms with van der Waals surface area (Å²) in [6.45, 7) is -1.57. The average molecular weight is 565 g/mol. The zero-order valence-corrected chi connectivity index (χ0v) is 19.9. The van der Waals surface area contributed by atoms with Crippen molar-refractivity contribution in [2.24, 2.45) is 5.73 Å². The largest absolute Gasteiger partial charge is 0.473 e. The molecule has 0 radical (unpaired) electrons. The summed E-state index contributed by atoms with van der Waals surface area (Å²) in [4.78, 5) is 9.65. The molecular weight excluding hydrogens is 533 g/mol. The van der Waals surface area contributed by atoms with Crippen molar-refractivity contribution in [3.8, 4) is 0 Å². The number of phosphoric ester groups is 1. The third kappa shape index (κ3) is 5.47. The molecule has 3 aliphatic heterocycles. The predicted octanol–water partition coefficient (Wildman–Crippen LogP) is -7.06. The number of aliphatic hydroxyl groups excluding tert-OH is 9. The van der Waals surface area contributed by atoms with E-state index in [0.717, 1.165) is 0 Å². The molecule has 3 saturated heterocycles. The smallest absolute Gasteiger partial charge is 0.394 e. The average Bonchev–Trinajstić information content (AvgIpc) is 3.19. The van der Waals surface area contributed by atoms with E-state index in [4.69, 9.17) is 33.7 Å². The first kappa shape index (κ1) is 29.5. The molecule has 12 N–H and O–H groups in total. The summed E-state index contributed by atoms with van der Waals surface area (Å²) in [7, 11) is -4.67. The Kier molecular flexibility index (Phi) is 8.94. The molecule has 18 nitrogen and oxygen atoms in total. The number of fused-ring (bicyclic) bond motifs is 1. The molecule has 216 valence electrons. The van der Waals surface area contributed by atoms with Crippen LogP contribution in [0.5, 0.6) is 0 Å². The van der Waals surface area contributed by atoms with Crippen molar-refractivity contribution < 1.29 is 83.4 Å². The fourth-order valence-electron chi connectivity index (χ4n) is 4.77. The summed E-state index contributed by atoms with van der Waals surface area (Å²) in [5.41, 5.74) is 6.02. The standard InChI is InChI=1S/C18H32NO17P/c19-5-7(23)13(33-18-12(28)8(24)6(22)3(1-20)31-18)4(2-21)32-17(5)34-14-10(26)9(25)11(27)15-16(14)36-37(29,30)35-15/h3-18,20-28H,1-2,19H2,(H,29,30)/t3-,4-,5-,6+,7-,8+,9+,10+,11-,12-,13-,14-,15-,16+,17-,18+/m1/s1. The molecule has 0 aromatic carbocycles.